The number of fused-ring (bicyclic) bond motifs is 2. The molecule has 0 bridgehead atoms. The SMILES string of the molecule is COc1ccc2c(c1)cc(C(O)c1cc3cc(OC)ccc3n1S(=O)(=O)c1ccccc1)n2S(=O)(=O)c1ccccc1. The van der Waals surface area contributed by atoms with Crippen LogP contribution in [0.25, 0.3) is 21.8 Å². The molecule has 0 fully saturated rings. The van der Waals surface area contributed by atoms with Crippen molar-refractivity contribution < 1.29 is 31.4 Å². The van der Waals surface area contributed by atoms with Crippen LogP contribution in [0.3, 0.4) is 0 Å². The van der Waals surface area contributed by atoms with E-state index in [2.05, 4.69) is 0 Å². The molecule has 0 saturated heterocycles. The van der Waals surface area contributed by atoms with E-state index in [-0.39, 0.29) is 21.2 Å². The van der Waals surface area contributed by atoms with E-state index in [4.69, 9.17) is 9.47 Å². The molecule has 0 amide bonds. The van der Waals surface area contributed by atoms with Gasteiger partial charge in [-0.15, -0.1) is 0 Å². The predicted molar refractivity (Wildman–Crippen MR) is 159 cm³/mol. The first-order valence-electron chi connectivity index (χ1n) is 12.8. The third-order valence-electron chi connectivity index (χ3n) is 7.11. The van der Waals surface area contributed by atoms with Crippen LogP contribution in [-0.2, 0) is 20.0 Å². The van der Waals surface area contributed by atoms with E-state index in [0.29, 0.717) is 33.3 Å². The van der Waals surface area contributed by atoms with E-state index in [0.717, 1.165) is 7.94 Å². The minimum absolute atomic E-state index is 0.00829. The molecule has 6 aromatic rings. The number of hydrogen-bond acceptors (Lipinski definition) is 7. The predicted octanol–water partition coefficient (Wildman–Crippen LogP) is 5.17. The molecular formula is C31H26N2O7S2. The lowest BCUT2D eigenvalue weighted by molar-refractivity contribution is 0.209. The van der Waals surface area contributed by atoms with Crippen molar-refractivity contribution in [3.05, 3.63) is 121 Å². The summed E-state index contributed by atoms with van der Waals surface area (Å²) in [6.45, 7) is 0. The van der Waals surface area contributed by atoms with Gasteiger partial charge in [-0.05, 0) is 72.8 Å². The van der Waals surface area contributed by atoms with Crippen molar-refractivity contribution in [3.8, 4) is 11.5 Å². The Kier molecular flexibility index (Phi) is 6.80. The number of benzene rings is 4. The molecule has 1 N–H and O–H groups in total. The number of methoxy groups -OCH3 is 2. The number of hydrogen-bond donors (Lipinski definition) is 1. The largest absolute Gasteiger partial charge is 0.497 e. The van der Waals surface area contributed by atoms with Gasteiger partial charge in [0.1, 0.15) is 17.6 Å². The normalized spacial score (nSPS) is 12.3. The van der Waals surface area contributed by atoms with Crippen molar-refractivity contribution >= 4 is 41.9 Å². The molecule has 4 aromatic carbocycles. The molecule has 9 nitrogen and oxygen atoms in total. The van der Waals surface area contributed by atoms with Gasteiger partial charge in [0.15, 0.2) is 0 Å². The van der Waals surface area contributed by atoms with Gasteiger partial charge < -0.3 is 14.6 Å². The fourth-order valence-corrected chi connectivity index (χ4v) is 8.23. The number of aliphatic hydroxyl groups is 1. The van der Waals surface area contributed by atoms with Gasteiger partial charge in [0.2, 0.25) is 0 Å². The van der Waals surface area contributed by atoms with E-state index < -0.39 is 26.2 Å². The molecule has 0 aliphatic rings. The molecule has 11 heteroatoms. The molecule has 0 unspecified atom stereocenters. The summed E-state index contributed by atoms with van der Waals surface area (Å²) in [5.41, 5.74) is 0.510. The van der Waals surface area contributed by atoms with Crippen molar-refractivity contribution in [2.45, 2.75) is 15.9 Å². The summed E-state index contributed by atoms with van der Waals surface area (Å²) in [6.07, 6.45) is -1.68. The molecule has 0 atom stereocenters. The van der Waals surface area contributed by atoms with Crippen molar-refractivity contribution in [1.82, 2.24) is 7.94 Å². The maximum atomic E-state index is 14.1. The van der Waals surface area contributed by atoms with Gasteiger partial charge in [-0.25, -0.2) is 24.8 Å². The highest BCUT2D eigenvalue weighted by Crippen LogP contribution is 2.38. The number of nitrogens with zero attached hydrogens (tertiary/aromatic N) is 2. The van der Waals surface area contributed by atoms with E-state index in [1.165, 1.54) is 50.6 Å². The number of rotatable bonds is 8. The second-order valence-corrected chi connectivity index (χ2v) is 13.1. The summed E-state index contributed by atoms with van der Waals surface area (Å²) < 4.78 is 69.0. The molecule has 6 rings (SSSR count). The van der Waals surface area contributed by atoms with Gasteiger partial charge in [0, 0.05) is 10.8 Å². The Morgan fingerprint density at radius 3 is 1.31 bits per heavy atom. The van der Waals surface area contributed by atoms with Crippen molar-refractivity contribution in [2.24, 2.45) is 0 Å². The van der Waals surface area contributed by atoms with E-state index in [9.17, 15) is 21.9 Å². The molecular weight excluding hydrogens is 576 g/mol. The third-order valence-corrected chi connectivity index (χ3v) is 10.6. The smallest absolute Gasteiger partial charge is 0.268 e. The second-order valence-electron chi connectivity index (χ2n) is 9.56. The van der Waals surface area contributed by atoms with Crippen LogP contribution in [0, 0.1) is 0 Å². The van der Waals surface area contributed by atoms with Crippen LogP contribution in [0.2, 0.25) is 0 Å². The van der Waals surface area contributed by atoms with Crippen LogP contribution in [0.4, 0.5) is 0 Å². The first-order chi connectivity index (χ1) is 20.2. The fraction of sp³-hybridized carbons (Fsp3) is 0.0968. The lowest BCUT2D eigenvalue weighted by Crippen LogP contribution is -2.22. The lowest BCUT2D eigenvalue weighted by atomic mass is 10.1. The summed E-state index contributed by atoms with van der Waals surface area (Å²) in [7, 11) is -5.47. The standard InChI is InChI=1S/C31H26N2O7S2/c1-39-23-13-15-27-21(17-23)19-29(32(27)41(35,36)25-9-5-3-6-10-25)31(34)30-20-22-18-24(40-2)14-16-28(22)33(30)42(37,38)26-11-7-4-8-12-26/h3-20,31,34H,1-2H3. The Balaban J connectivity index is 1.66. The zero-order chi connectivity index (χ0) is 29.6. The summed E-state index contributed by atoms with van der Waals surface area (Å²) in [5, 5.41) is 13.0. The monoisotopic (exact) mass is 602 g/mol. The Morgan fingerprint density at radius 2 is 0.952 bits per heavy atom. The molecule has 0 spiro atoms. The highest BCUT2D eigenvalue weighted by molar-refractivity contribution is 7.90. The average Bonchev–Trinajstić information content (AvgIpc) is 3.60. The van der Waals surface area contributed by atoms with Gasteiger partial charge in [-0.3, -0.25) is 0 Å². The molecule has 0 aliphatic carbocycles. The fourth-order valence-electron chi connectivity index (χ4n) is 5.10. The molecule has 42 heavy (non-hydrogen) atoms. The van der Waals surface area contributed by atoms with E-state index in [1.807, 2.05) is 0 Å². The maximum Gasteiger partial charge on any atom is 0.268 e. The Hall–Kier alpha value is -4.58. The molecule has 214 valence electrons. The summed E-state index contributed by atoms with van der Waals surface area (Å²) in [4.78, 5) is 0.0166. The molecule has 2 heterocycles. The molecule has 0 aliphatic heterocycles. The van der Waals surface area contributed by atoms with Crippen LogP contribution in [0.5, 0.6) is 11.5 Å². The summed E-state index contributed by atoms with van der Waals surface area (Å²) in [6, 6.07) is 28.5. The van der Waals surface area contributed by atoms with Crippen molar-refractivity contribution in [1.29, 1.82) is 0 Å². The first kappa shape index (κ1) is 27.6. The summed E-state index contributed by atoms with van der Waals surface area (Å²) in [5.74, 6) is 0.983. The Morgan fingerprint density at radius 1 is 0.571 bits per heavy atom. The minimum atomic E-state index is -4.23. The highest BCUT2D eigenvalue weighted by atomic mass is 32.2. The van der Waals surface area contributed by atoms with E-state index in [1.54, 1.807) is 72.8 Å². The zero-order valence-electron chi connectivity index (χ0n) is 22.6. The Labute approximate surface area is 242 Å². The van der Waals surface area contributed by atoms with Crippen LogP contribution >= 0.6 is 0 Å². The van der Waals surface area contributed by atoms with Crippen LogP contribution in [0.1, 0.15) is 17.5 Å². The van der Waals surface area contributed by atoms with Gasteiger partial charge in [-0.2, -0.15) is 0 Å². The molecule has 2 aromatic heterocycles. The quantitative estimate of drug-likeness (QED) is 0.256. The average molecular weight is 603 g/mol. The van der Waals surface area contributed by atoms with Gasteiger partial charge >= 0.3 is 0 Å². The topological polar surface area (TPSA) is 117 Å². The number of ether oxygens (including phenoxy) is 2. The van der Waals surface area contributed by atoms with Crippen LogP contribution in [0.15, 0.2) is 119 Å². The van der Waals surface area contributed by atoms with Crippen molar-refractivity contribution in [3.63, 3.8) is 0 Å². The molecule has 0 radical (unpaired) electrons. The third kappa shape index (κ3) is 4.42. The zero-order valence-corrected chi connectivity index (χ0v) is 24.2. The number of aliphatic hydroxyl groups excluding tert-OH is 1. The highest BCUT2D eigenvalue weighted by Gasteiger charge is 2.32. The maximum absolute atomic E-state index is 14.1. The molecule has 0 saturated carbocycles. The first-order valence-corrected chi connectivity index (χ1v) is 15.7. The number of aromatic nitrogens is 2. The summed E-state index contributed by atoms with van der Waals surface area (Å²) >= 11 is 0. The van der Waals surface area contributed by atoms with Crippen LogP contribution < -0.4 is 9.47 Å². The van der Waals surface area contributed by atoms with Gasteiger partial charge in [0.05, 0.1) is 46.4 Å². The van der Waals surface area contributed by atoms with Crippen molar-refractivity contribution in [2.75, 3.05) is 14.2 Å². The van der Waals surface area contributed by atoms with Gasteiger partial charge in [-0.1, -0.05) is 36.4 Å². The van der Waals surface area contributed by atoms with E-state index >= 15 is 0 Å². The minimum Gasteiger partial charge on any atom is -0.497 e. The van der Waals surface area contributed by atoms with Crippen LogP contribution in [-0.4, -0.2) is 44.1 Å². The second kappa shape index (κ2) is 10.4. The lowest BCUT2D eigenvalue weighted by Gasteiger charge is -2.19. The van der Waals surface area contributed by atoms with Gasteiger partial charge in [0.25, 0.3) is 20.0 Å². The Bertz CT molecular complexity index is 2000.